The Morgan fingerprint density at radius 2 is 2.26 bits per heavy atom. The molecule has 5 nitrogen and oxygen atoms in total. The minimum atomic E-state index is 0.0324. The van der Waals surface area contributed by atoms with E-state index in [4.69, 9.17) is 5.73 Å². The van der Waals surface area contributed by atoms with Crippen molar-refractivity contribution in [1.29, 1.82) is 0 Å². The highest BCUT2D eigenvalue weighted by Crippen LogP contribution is 2.36. The summed E-state index contributed by atoms with van der Waals surface area (Å²) in [4.78, 5) is 15.9. The first-order valence-electron chi connectivity index (χ1n) is 6.46. The van der Waals surface area contributed by atoms with E-state index in [-0.39, 0.29) is 5.91 Å². The van der Waals surface area contributed by atoms with Gasteiger partial charge in [0.15, 0.2) is 0 Å². The van der Waals surface area contributed by atoms with Crippen LogP contribution in [0.3, 0.4) is 0 Å². The summed E-state index contributed by atoms with van der Waals surface area (Å²) in [5.41, 5.74) is 7.61. The average molecular weight is 278 g/mol. The van der Waals surface area contributed by atoms with E-state index >= 15 is 0 Å². The second-order valence-electron chi connectivity index (χ2n) is 5.36. The molecule has 0 saturated heterocycles. The molecule has 19 heavy (non-hydrogen) atoms. The fourth-order valence-corrected chi connectivity index (χ4v) is 3.61. The van der Waals surface area contributed by atoms with Crippen molar-refractivity contribution in [3.05, 3.63) is 10.6 Å². The van der Waals surface area contributed by atoms with E-state index in [0.29, 0.717) is 16.5 Å². The molecule has 1 aliphatic rings. The van der Waals surface area contributed by atoms with E-state index in [9.17, 15) is 4.79 Å². The lowest BCUT2D eigenvalue weighted by Crippen LogP contribution is -2.28. The van der Waals surface area contributed by atoms with Crippen LogP contribution >= 0.6 is 11.3 Å². The van der Waals surface area contributed by atoms with Crippen molar-refractivity contribution in [2.45, 2.75) is 19.8 Å². The smallest absolute Gasteiger partial charge is 0.265 e. The van der Waals surface area contributed by atoms with Crippen molar-refractivity contribution in [3.63, 3.8) is 0 Å². The Hall–Kier alpha value is -1.56. The van der Waals surface area contributed by atoms with Crippen LogP contribution in [0.25, 0.3) is 10.2 Å². The summed E-state index contributed by atoms with van der Waals surface area (Å²) in [7, 11) is 3.74. The molecule has 1 amide bonds. The van der Waals surface area contributed by atoms with Gasteiger partial charge in [0, 0.05) is 20.6 Å². The fourth-order valence-electron chi connectivity index (χ4n) is 2.43. The molecule has 1 aliphatic carbocycles. The average Bonchev–Trinajstić information content (AvgIpc) is 3.02. The minimum absolute atomic E-state index is 0.0324. The van der Waals surface area contributed by atoms with Crippen LogP contribution < -0.4 is 5.73 Å². The molecule has 0 radical (unpaired) electrons. The Bertz CT molecular complexity index is 653. The van der Waals surface area contributed by atoms with Crippen molar-refractivity contribution in [2.75, 3.05) is 19.3 Å². The SMILES string of the molecule is Cc1nn(C)c2sc(C(=O)N(C)CC3CC3)c(N)c12. The Morgan fingerprint density at radius 3 is 2.84 bits per heavy atom. The summed E-state index contributed by atoms with van der Waals surface area (Å²) in [5, 5.41) is 5.26. The molecule has 2 heterocycles. The van der Waals surface area contributed by atoms with Crippen LogP contribution in [0, 0.1) is 12.8 Å². The molecule has 0 aliphatic heterocycles. The minimum Gasteiger partial charge on any atom is -0.397 e. The van der Waals surface area contributed by atoms with Crippen LogP contribution in [0.5, 0.6) is 0 Å². The zero-order chi connectivity index (χ0) is 13.7. The molecule has 2 aromatic rings. The molecule has 102 valence electrons. The standard InChI is InChI=1S/C13H18N4OS/c1-7-9-10(14)11(19-13(9)17(3)15-7)12(18)16(2)6-8-4-5-8/h8H,4-6,14H2,1-3H3. The lowest BCUT2D eigenvalue weighted by molar-refractivity contribution is 0.0794. The lowest BCUT2D eigenvalue weighted by atomic mass is 10.2. The summed E-state index contributed by atoms with van der Waals surface area (Å²) in [5.74, 6) is 0.720. The zero-order valence-electron chi connectivity index (χ0n) is 11.4. The summed E-state index contributed by atoms with van der Waals surface area (Å²) >= 11 is 1.44. The van der Waals surface area contributed by atoms with Crippen molar-refractivity contribution in [2.24, 2.45) is 13.0 Å². The van der Waals surface area contributed by atoms with E-state index in [2.05, 4.69) is 5.10 Å². The number of hydrogen-bond acceptors (Lipinski definition) is 4. The fraction of sp³-hybridized carbons (Fsp3) is 0.538. The molecule has 0 spiro atoms. The molecular formula is C13H18N4OS. The number of carbonyl (C=O) groups excluding carboxylic acids is 1. The predicted octanol–water partition coefficient (Wildman–Crippen LogP) is 2.01. The van der Waals surface area contributed by atoms with Gasteiger partial charge in [0.05, 0.1) is 16.8 Å². The highest BCUT2D eigenvalue weighted by atomic mass is 32.1. The zero-order valence-corrected chi connectivity index (χ0v) is 12.3. The maximum atomic E-state index is 12.4. The van der Waals surface area contributed by atoms with Crippen LogP contribution in [-0.2, 0) is 7.05 Å². The van der Waals surface area contributed by atoms with E-state index < -0.39 is 0 Å². The highest BCUT2D eigenvalue weighted by molar-refractivity contribution is 7.21. The lowest BCUT2D eigenvalue weighted by Gasteiger charge is -2.16. The second-order valence-corrected chi connectivity index (χ2v) is 6.36. The van der Waals surface area contributed by atoms with Crippen LogP contribution in [0.2, 0.25) is 0 Å². The first-order valence-corrected chi connectivity index (χ1v) is 7.27. The van der Waals surface area contributed by atoms with Gasteiger partial charge in [-0.3, -0.25) is 9.48 Å². The van der Waals surface area contributed by atoms with Crippen LogP contribution in [0.1, 0.15) is 28.2 Å². The van der Waals surface area contributed by atoms with E-state index in [1.54, 1.807) is 9.58 Å². The van der Waals surface area contributed by atoms with E-state index in [1.165, 1.54) is 24.2 Å². The van der Waals surface area contributed by atoms with Crippen LogP contribution in [-0.4, -0.2) is 34.2 Å². The molecule has 2 N–H and O–H groups in total. The molecule has 1 saturated carbocycles. The normalized spacial score (nSPS) is 15.1. The Labute approximate surface area is 116 Å². The molecule has 0 aromatic carbocycles. The van der Waals surface area contributed by atoms with Gasteiger partial charge in [-0.1, -0.05) is 0 Å². The maximum Gasteiger partial charge on any atom is 0.265 e. The molecule has 0 bridgehead atoms. The molecule has 1 fully saturated rings. The van der Waals surface area contributed by atoms with Gasteiger partial charge in [-0.15, -0.1) is 11.3 Å². The Kier molecular flexibility index (Phi) is 2.78. The van der Waals surface area contributed by atoms with Crippen molar-refractivity contribution in [1.82, 2.24) is 14.7 Å². The molecular weight excluding hydrogens is 260 g/mol. The Balaban J connectivity index is 1.97. The monoisotopic (exact) mass is 278 g/mol. The first-order chi connectivity index (χ1) is 8.99. The number of thiophene rings is 1. The Morgan fingerprint density at radius 1 is 1.58 bits per heavy atom. The number of amides is 1. The van der Waals surface area contributed by atoms with Crippen molar-refractivity contribution in [3.8, 4) is 0 Å². The van der Waals surface area contributed by atoms with E-state index in [1.807, 2.05) is 21.0 Å². The van der Waals surface area contributed by atoms with Gasteiger partial charge in [0.2, 0.25) is 0 Å². The van der Waals surface area contributed by atoms with Gasteiger partial charge >= 0.3 is 0 Å². The summed E-state index contributed by atoms with van der Waals surface area (Å²) in [6.07, 6.45) is 2.48. The van der Waals surface area contributed by atoms with Crippen molar-refractivity contribution >= 4 is 33.1 Å². The molecule has 6 heteroatoms. The van der Waals surface area contributed by atoms with Gasteiger partial charge < -0.3 is 10.6 Å². The quantitative estimate of drug-likeness (QED) is 0.934. The van der Waals surface area contributed by atoms with Gasteiger partial charge in [-0.2, -0.15) is 5.10 Å². The van der Waals surface area contributed by atoms with E-state index in [0.717, 1.165) is 22.5 Å². The number of aromatic nitrogens is 2. The molecule has 2 aromatic heterocycles. The summed E-state index contributed by atoms with van der Waals surface area (Å²) in [6.45, 7) is 2.76. The molecule has 0 atom stereocenters. The molecule has 0 unspecified atom stereocenters. The number of nitrogen functional groups attached to an aromatic ring is 1. The largest absolute Gasteiger partial charge is 0.397 e. The third-order valence-electron chi connectivity index (χ3n) is 3.65. The van der Waals surface area contributed by atoms with Crippen molar-refractivity contribution < 1.29 is 4.79 Å². The number of hydrogen-bond donors (Lipinski definition) is 1. The number of fused-ring (bicyclic) bond motifs is 1. The van der Waals surface area contributed by atoms with Gasteiger partial charge in [0.25, 0.3) is 5.91 Å². The van der Waals surface area contributed by atoms with Crippen LogP contribution in [0.4, 0.5) is 5.69 Å². The number of rotatable bonds is 3. The van der Waals surface area contributed by atoms with Gasteiger partial charge in [0.1, 0.15) is 9.71 Å². The number of aryl methyl sites for hydroxylation is 2. The molecule has 3 rings (SSSR count). The maximum absolute atomic E-state index is 12.4. The predicted molar refractivity (Wildman–Crippen MR) is 77.4 cm³/mol. The number of carbonyl (C=O) groups is 1. The van der Waals surface area contributed by atoms with Gasteiger partial charge in [-0.25, -0.2) is 0 Å². The topological polar surface area (TPSA) is 64.2 Å². The van der Waals surface area contributed by atoms with Crippen LogP contribution in [0.15, 0.2) is 0 Å². The number of anilines is 1. The summed E-state index contributed by atoms with van der Waals surface area (Å²) in [6, 6.07) is 0. The third-order valence-corrected chi connectivity index (χ3v) is 4.91. The van der Waals surface area contributed by atoms with Gasteiger partial charge in [-0.05, 0) is 25.7 Å². The first kappa shape index (κ1) is 12.5. The summed E-state index contributed by atoms with van der Waals surface area (Å²) < 4.78 is 1.80. The third kappa shape index (κ3) is 2.00. The second kappa shape index (κ2) is 4.23. The number of nitrogens with two attached hydrogens (primary N) is 1. The highest BCUT2D eigenvalue weighted by Gasteiger charge is 2.28. The number of nitrogens with zero attached hydrogens (tertiary/aromatic N) is 3.